The largest absolute Gasteiger partial charge is 0.494 e. The van der Waals surface area contributed by atoms with Crippen LogP contribution in [0.1, 0.15) is 41.1 Å². The number of nitrogen functional groups attached to an aromatic ring is 2. The quantitative estimate of drug-likeness (QED) is 0.148. The average Bonchev–Trinajstić information content (AvgIpc) is 3.33. The third kappa shape index (κ3) is 6.75. The number of H-pyrrole nitrogens is 1. The van der Waals surface area contributed by atoms with Crippen LogP contribution in [0, 0.1) is 5.41 Å². The van der Waals surface area contributed by atoms with Gasteiger partial charge in [-0.25, -0.2) is 9.97 Å². The number of ether oxygens (including phenoxy) is 1. The molecule has 0 unspecified atom stereocenters. The zero-order valence-corrected chi connectivity index (χ0v) is 19.1. The van der Waals surface area contributed by atoms with Crippen LogP contribution >= 0.6 is 11.6 Å². The van der Waals surface area contributed by atoms with Gasteiger partial charge in [0.2, 0.25) is 0 Å². The second-order valence-electron chi connectivity index (χ2n) is 7.36. The number of carbonyl (C=O) groups excluding carboxylic acids is 1. The van der Waals surface area contributed by atoms with E-state index in [0.717, 1.165) is 35.5 Å². The topological polar surface area (TPSA) is 212 Å². The van der Waals surface area contributed by atoms with E-state index in [2.05, 4.69) is 30.6 Å². The fraction of sp³-hybridized carbons (Fsp3) is 0.350. The van der Waals surface area contributed by atoms with Crippen molar-refractivity contribution < 1.29 is 9.53 Å². The Morgan fingerprint density at radius 3 is 2.53 bits per heavy atom. The number of nitrogens with one attached hydrogen (secondary N) is 2. The minimum Gasteiger partial charge on any atom is -0.494 e. The van der Waals surface area contributed by atoms with E-state index < -0.39 is 11.9 Å². The molecule has 0 aliphatic carbocycles. The van der Waals surface area contributed by atoms with Gasteiger partial charge in [-0.1, -0.05) is 28.9 Å². The summed E-state index contributed by atoms with van der Waals surface area (Å²) in [5.74, 6) is 0.129. The highest BCUT2D eigenvalue weighted by Crippen LogP contribution is 2.19. The summed E-state index contributed by atoms with van der Waals surface area (Å²) in [6.45, 7) is 0.774. The van der Waals surface area contributed by atoms with Crippen LogP contribution < -0.4 is 21.9 Å². The van der Waals surface area contributed by atoms with Crippen molar-refractivity contribution in [2.45, 2.75) is 32.1 Å². The van der Waals surface area contributed by atoms with Gasteiger partial charge >= 0.3 is 0 Å². The number of aromatic amines is 1. The van der Waals surface area contributed by atoms with E-state index in [0.29, 0.717) is 25.3 Å². The molecule has 13 nitrogen and oxygen atoms in total. The summed E-state index contributed by atoms with van der Waals surface area (Å²) in [7, 11) is 0. The maximum atomic E-state index is 12.7. The minimum absolute atomic E-state index is 0.0784. The van der Waals surface area contributed by atoms with Gasteiger partial charge in [-0.2, -0.15) is 5.21 Å². The number of carbonyl (C=O) groups is 1. The van der Waals surface area contributed by atoms with Crippen LogP contribution in [0.5, 0.6) is 5.75 Å². The number of benzene rings is 1. The van der Waals surface area contributed by atoms with E-state index in [1.165, 1.54) is 0 Å². The molecule has 3 aromatic rings. The van der Waals surface area contributed by atoms with Gasteiger partial charge in [0.05, 0.1) is 6.61 Å². The van der Waals surface area contributed by atoms with Crippen molar-refractivity contribution in [3.8, 4) is 5.75 Å². The molecule has 0 aliphatic rings. The smallest absolute Gasteiger partial charge is 0.283 e. The maximum Gasteiger partial charge on any atom is 0.283 e. The number of hydrogen-bond donors (Lipinski definition) is 5. The zero-order valence-electron chi connectivity index (χ0n) is 18.4. The summed E-state index contributed by atoms with van der Waals surface area (Å²) in [5, 5.41) is 21.3. The minimum atomic E-state index is -0.653. The highest BCUT2D eigenvalue weighted by Gasteiger charge is 2.23. The lowest BCUT2D eigenvalue weighted by Crippen LogP contribution is -2.42. The zero-order chi connectivity index (χ0) is 24.5. The number of aryl methyl sites for hydroxylation is 2. The Balaban J connectivity index is 1.43. The predicted molar refractivity (Wildman–Crippen MR) is 126 cm³/mol. The number of guanidine groups is 1. The molecule has 1 aromatic carbocycles. The summed E-state index contributed by atoms with van der Waals surface area (Å²) >= 11 is 5.85. The molecule has 34 heavy (non-hydrogen) atoms. The lowest BCUT2D eigenvalue weighted by molar-refractivity contribution is 0.0838. The molecule has 180 valence electrons. The first-order chi connectivity index (χ1) is 16.3. The molecule has 3 rings (SSSR count). The lowest BCUT2D eigenvalue weighted by atomic mass is 10.1. The predicted octanol–water partition coefficient (Wildman–Crippen LogP) is 1.18. The lowest BCUT2D eigenvalue weighted by Gasteiger charge is -2.20. The molecule has 8 N–H and O–H groups in total. The Kier molecular flexibility index (Phi) is 8.51. The van der Waals surface area contributed by atoms with Crippen LogP contribution in [-0.2, 0) is 12.8 Å². The van der Waals surface area contributed by atoms with Crippen LogP contribution in [0.25, 0.3) is 0 Å². The van der Waals surface area contributed by atoms with Crippen molar-refractivity contribution in [3.05, 3.63) is 46.5 Å². The number of nitrogens with zero attached hydrogens (tertiary/aromatic N) is 6. The summed E-state index contributed by atoms with van der Waals surface area (Å²) in [6, 6.07) is 7.83. The Morgan fingerprint density at radius 2 is 1.85 bits per heavy atom. The Hall–Kier alpha value is -4.00. The third-order valence-electron chi connectivity index (χ3n) is 4.87. The van der Waals surface area contributed by atoms with E-state index in [1.807, 2.05) is 24.3 Å². The van der Waals surface area contributed by atoms with Gasteiger partial charge in [0.25, 0.3) is 5.91 Å². The first-order valence-corrected chi connectivity index (χ1v) is 10.9. The summed E-state index contributed by atoms with van der Waals surface area (Å²) in [4.78, 5) is 21.5. The van der Waals surface area contributed by atoms with Gasteiger partial charge in [0.1, 0.15) is 5.75 Å². The molecule has 0 radical (unpaired) electrons. The van der Waals surface area contributed by atoms with E-state index in [1.54, 1.807) is 0 Å². The van der Waals surface area contributed by atoms with Crippen molar-refractivity contribution in [1.82, 2.24) is 35.5 Å². The Bertz CT molecular complexity index is 1110. The van der Waals surface area contributed by atoms with E-state index >= 15 is 0 Å². The van der Waals surface area contributed by atoms with Crippen LogP contribution in [0.15, 0.2) is 24.3 Å². The summed E-state index contributed by atoms with van der Waals surface area (Å²) < 4.78 is 5.73. The number of hydrogen-bond acceptors (Lipinski definition) is 10. The molecule has 14 heteroatoms. The van der Waals surface area contributed by atoms with Crippen molar-refractivity contribution in [3.63, 3.8) is 0 Å². The van der Waals surface area contributed by atoms with Crippen LogP contribution in [0.3, 0.4) is 0 Å². The number of aromatic nitrogens is 6. The molecule has 0 saturated carbocycles. The first-order valence-electron chi connectivity index (χ1n) is 10.5. The van der Waals surface area contributed by atoms with Gasteiger partial charge in [-0.15, -0.1) is 10.2 Å². The molecule has 2 aromatic heterocycles. The number of anilines is 2. The molecule has 0 spiro atoms. The molecule has 0 fully saturated rings. The number of unbranched alkanes of at least 4 members (excludes halogenated alkanes) is 1. The number of tetrazole rings is 1. The average molecular weight is 488 g/mol. The normalized spacial score (nSPS) is 10.7. The number of halogens is 1. The highest BCUT2D eigenvalue weighted by molar-refractivity contribution is 6.31. The van der Waals surface area contributed by atoms with E-state index in [-0.39, 0.29) is 29.0 Å². The van der Waals surface area contributed by atoms with Gasteiger partial charge in [0, 0.05) is 13.0 Å². The summed E-state index contributed by atoms with van der Waals surface area (Å²) in [6.07, 6.45) is 3.64. The molecule has 0 bridgehead atoms. The molecule has 0 atom stereocenters. The van der Waals surface area contributed by atoms with Crippen LogP contribution in [0.4, 0.5) is 11.6 Å². The summed E-state index contributed by atoms with van der Waals surface area (Å²) in [5.41, 5.74) is 17.8. The van der Waals surface area contributed by atoms with Gasteiger partial charge in [-0.05, 0) is 43.4 Å². The third-order valence-corrected chi connectivity index (χ3v) is 5.14. The maximum absolute atomic E-state index is 12.7. The molecule has 1 amide bonds. The second kappa shape index (κ2) is 11.7. The highest BCUT2D eigenvalue weighted by atomic mass is 35.5. The number of nitrogens with two attached hydrogens (primary N) is 3. The van der Waals surface area contributed by atoms with E-state index in [9.17, 15) is 4.79 Å². The fourth-order valence-corrected chi connectivity index (χ4v) is 3.25. The fourth-order valence-electron chi connectivity index (χ4n) is 3.12. The Labute approximate surface area is 200 Å². The standard InChI is InChI=1S/C20H26ClN11O2/c21-16-18(23)27-17(22)15(26-16)19(33)32(20(24)25)10-2-1-4-12-6-8-13(9-7-12)34-11-3-5-14-28-30-31-29-14/h6-9H,1-5,10-11H2,(H3,24,25)(H4,22,23,27)(H,28,29,30,31). The Morgan fingerprint density at radius 1 is 1.09 bits per heavy atom. The molecule has 2 heterocycles. The monoisotopic (exact) mass is 487 g/mol. The van der Waals surface area contributed by atoms with Crippen molar-refractivity contribution in [1.29, 1.82) is 5.41 Å². The van der Waals surface area contributed by atoms with Crippen LogP contribution in [0.2, 0.25) is 5.15 Å². The second-order valence-corrected chi connectivity index (χ2v) is 7.71. The van der Waals surface area contributed by atoms with Gasteiger partial charge in [-0.3, -0.25) is 15.1 Å². The van der Waals surface area contributed by atoms with Crippen molar-refractivity contribution in [2.24, 2.45) is 5.73 Å². The molecule has 0 aliphatic heterocycles. The molecular formula is C20H26ClN11O2. The van der Waals surface area contributed by atoms with Gasteiger partial charge in [0.15, 0.2) is 34.3 Å². The SMILES string of the molecule is N=C(N)N(CCCCc1ccc(OCCCc2nn[nH]n2)cc1)C(=O)c1nc(Cl)c(N)nc1N. The number of rotatable bonds is 11. The number of amides is 1. The van der Waals surface area contributed by atoms with Crippen LogP contribution in [-0.4, -0.2) is 60.5 Å². The first kappa shape index (κ1) is 24.6. The van der Waals surface area contributed by atoms with Gasteiger partial charge < -0.3 is 21.9 Å². The molecular weight excluding hydrogens is 462 g/mol. The van der Waals surface area contributed by atoms with E-state index in [4.69, 9.17) is 38.9 Å². The molecule has 0 saturated heterocycles. The van der Waals surface area contributed by atoms with Crippen molar-refractivity contribution >= 4 is 35.1 Å². The van der Waals surface area contributed by atoms with Crippen molar-refractivity contribution in [2.75, 3.05) is 24.6 Å².